The highest BCUT2D eigenvalue weighted by molar-refractivity contribution is 14.1. The maximum Gasteiger partial charge on any atom is 0.251 e. The molecule has 0 fully saturated rings. The maximum atomic E-state index is 12.1. The van der Waals surface area contributed by atoms with Gasteiger partial charge in [-0.25, -0.2) is 0 Å². The number of nitrogens with one attached hydrogen (secondary N) is 1. The van der Waals surface area contributed by atoms with Crippen molar-refractivity contribution in [2.75, 3.05) is 11.0 Å². The van der Waals surface area contributed by atoms with Crippen LogP contribution in [0.25, 0.3) is 0 Å². The van der Waals surface area contributed by atoms with Crippen molar-refractivity contribution < 1.29 is 4.79 Å². The third kappa shape index (κ3) is 4.96. The van der Waals surface area contributed by atoms with Crippen LogP contribution in [0.1, 0.15) is 47.2 Å². The van der Waals surface area contributed by atoms with Crippen LogP contribution in [0.3, 0.4) is 0 Å². The van der Waals surface area contributed by atoms with Gasteiger partial charge in [-0.15, -0.1) is 0 Å². The van der Waals surface area contributed by atoms with E-state index in [4.69, 9.17) is 0 Å². The number of halogens is 1. The smallest absolute Gasteiger partial charge is 0.251 e. The zero-order chi connectivity index (χ0) is 13.4. The molecule has 0 aliphatic rings. The van der Waals surface area contributed by atoms with E-state index in [0.717, 1.165) is 29.7 Å². The predicted molar refractivity (Wildman–Crippen MR) is 85.6 cm³/mol. The number of benzene rings is 1. The Balaban J connectivity index is 2.37. The molecule has 1 amide bonds. The molecule has 18 heavy (non-hydrogen) atoms. The van der Waals surface area contributed by atoms with Gasteiger partial charge in [-0.1, -0.05) is 53.6 Å². The molecule has 3 heteroatoms. The first-order chi connectivity index (χ1) is 8.66. The second-order valence-electron chi connectivity index (χ2n) is 4.63. The van der Waals surface area contributed by atoms with Crippen LogP contribution in [0.15, 0.2) is 18.2 Å². The average Bonchev–Trinajstić information content (AvgIpc) is 2.33. The maximum absolute atomic E-state index is 12.1. The number of hydrogen-bond acceptors (Lipinski definition) is 1. The van der Waals surface area contributed by atoms with E-state index in [-0.39, 0.29) is 5.91 Å². The van der Waals surface area contributed by atoms with Gasteiger partial charge in [0.25, 0.3) is 5.91 Å². The number of carbonyl (C=O) groups excluding carboxylic acids is 1. The number of unbranched alkanes of at least 4 members (excludes halogenated alkanes) is 3. The van der Waals surface area contributed by atoms with Gasteiger partial charge in [0.2, 0.25) is 0 Å². The monoisotopic (exact) mass is 359 g/mol. The SMILES string of the molecule is Cc1cccc(C)c1C(=O)NCCCCCCI. The summed E-state index contributed by atoms with van der Waals surface area (Å²) in [6, 6.07) is 5.97. The first-order valence-electron chi connectivity index (χ1n) is 6.57. The molecule has 0 bridgehead atoms. The van der Waals surface area contributed by atoms with Crippen LogP contribution >= 0.6 is 22.6 Å². The van der Waals surface area contributed by atoms with Crippen LogP contribution in [0, 0.1) is 13.8 Å². The minimum absolute atomic E-state index is 0.0690. The Labute approximate surface area is 124 Å². The van der Waals surface area contributed by atoms with Crippen molar-refractivity contribution in [3.8, 4) is 0 Å². The fraction of sp³-hybridized carbons (Fsp3) is 0.533. The van der Waals surface area contributed by atoms with Crippen molar-refractivity contribution in [1.82, 2.24) is 5.32 Å². The average molecular weight is 359 g/mol. The van der Waals surface area contributed by atoms with Crippen molar-refractivity contribution in [2.24, 2.45) is 0 Å². The lowest BCUT2D eigenvalue weighted by Gasteiger charge is -2.10. The lowest BCUT2D eigenvalue weighted by molar-refractivity contribution is 0.0951. The van der Waals surface area contributed by atoms with E-state index in [1.165, 1.54) is 23.7 Å². The van der Waals surface area contributed by atoms with Crippen molar-refractivity contribution in [1.29, 1.82) is 0 Å². The molecule has 1 aromatic carbocycles. The third-order valence-corrected chi connectivity index (χ3v) is 3.82. The number of hydrogen-bond donors (Lipinski definition) is 1. The Hall–Kier alpha value is -0.580. The van der Waals surface area contributed by atoms with Crippen LogP contribution in [0.5, 0.6) is 0 Å². The fourth-order valence-corrected chi connectivity index (χ4v) is 2.58. The summed E-state index contributed by atoms with van der Waals surface area (Å²) in [5, 5.41) is 3.02. The summed E-state index contributed by atoms with van der Waals surface area (Å²) in [5.74, 6) is 0.0690. The third-order valence-electron chi connectivity index (χ3n) is 3.05. The van der Waals surface area contributed by atoms with Crippen molar-refractivity contribution in [2.45, 2.75) is 39.5 Å². The Bertz CT molecular complexity index is 370. The van der Waals surface area contributed by atoms with Gasteiger partial charge in [-0.2, -0.15) is 0 Å². The topological polar surface area (TPSA) is 29.1 Å². The molecule has 1 rings (SSSR count). The highest BCUT2D eigenvalue weighted by Gasteiger charge is 2.10. The quantitative estimate of drug-likeness (QED) is 0.445. The van der Waals surface area contributed by atoms with Gasteiger partial charge in [-0.3, -0.25) is 4.79 Å². The number of rotatable bonds is 7. The lowest BCUT2D eigenvalue weighted by Crippen LogP contribution is -2.26. The minimum atomic E-state index is 0.0690. The van der Waals surface area contributed by atoms with Crippen molar-refractivity contribution >= 4 is 28.5 Å². The number of alkyl halides is 1. The Morgan fingerprint density at radius 1 is 1.11 bits per heavy atom. The molecule has 0 aliphatic heterocycles. The molecule has 0 spiro atoms. The second kappa shape index (κ2) is 8.51. The molecule has 1 aromatic rings. The first kappa shape index (κ1) is 15.5. The standard InChI is InChI=1S/C15H22INO/c1-12-8-7-9-13(2)14(12)15(18)17-11-6-4-3-5-10-16/h7-9H,3-6,10-11H2,1-2H3,(H,17,18). The fourth-order valence-electron chi connectivity index (χ4n) is 2.04. The number of amides is 1. The molecule has 0 atom stereocenters. The molecular weight excluding hydrogens is 337 g/mol. The molecule has 0 aliphatic carbocycles. The van der Waals surface area contributed by atoms with E-state index in [0.29, 0.717) is 0 Å². The van der Waals surface area contributed by atoms with Gasteiger partial charge in [0.05, 0.1) is 0 Å². The van der Waals surface area contributed by atoms with Crippen LogP contribution < -0.4 is 5.32 Å². The van der Waals surface area contributed by atoms with E-state index in [1.54, 1.807) is 0 Å². The molecule has 0 saturated carbocycles. The molecule has 0 aromatic heterocycles. The van der Waals surface area contributed by atoms with E-state index in [9.17, 15) is 4.79 Å². The zero-order valence-corrected chi connectivity index (χ0v) is 13.4. The molecule has 100 valence electrons. The predicted octanol–water partition coefficient (Wildman–Crippen LogP) is 4.03. The largest absolute Gasteiger partial charge is 0.352 e. The highest BCUT2D eigenvalue weighted by Crippen LogP contribution is 2.12. The summed E-state index contributed by atoms with van der Waals surface area (Å²) in [6.45, 7) is 4.76. The normalized spacial score (nSPS) is 10.4. The van der Waals surface area contributed by atoms with Gasteiger partial charge in [0, 0.05) is 12.1 Å². The van der Waals surface area contributed by atoms with Gasteiger partial charge < -0.3 is 5.32 Å². The number of carbonyl (C=O) groups is 1. The molecular formula is C15H22INO. The van der Waals surface area contributed by atoms with Gasteiger partial charge in [-0.05, 0) is 42.2 Å². The Morgan fingerprint density at radius 3 is 2.33 bits per heavy atom. The summed E-state index contributed by atoms with van der Waals surface area (Å²) >= 11 is 2.40. The van der Waals surface area contributed by atoms with Gasteiger partial charge >= 0.3 is 0 Å². The van der Waals surface area contributed by atoms with Crippen LogP contribution in [0.4, 0.5) is 0 Å². The zero-order valence-electron chi connectivity index (χ0n) is 11.3. The van der Waals surface area contributed by atoms with E-state index >= 15 is 0 Å². The lowest BCUT2D eigenvalue weighted by atomic mass is 10.0. The molecule has 0 heterocycles. The van der Waals surface area contributed by atoms with E-state index < -0.39 is 0 Å². The summed E-state index contributed by atoms with van der Waals surface area (Å²) < 4.78 is 1.23. The van der Waals surface area contributed by atoms with E-state index in [2.05, 4.69) is 27.9 Å². The van der Waals surface area contributed by atoms with Crippen LogP contribution in [0.2, 0.25) is 0 Å². The molecule has 0 unspecified atom stereocenters. The Kier molecular flexibility index (Phi) is 7.32. The minimum Gasteiger partial charge on any atom is -0.352 e. The molecule has 1 N–H and O–H groups in total. The highest BCUT2D eigenvalue weighted by atomic mass is 127. The summed E-state index contributed by atoms with van der Waals surface area (Å²) in [4.78, 5) is 12.1. The first-order valence-corrected chi connectivity index (χ1v) is 8.09. The molecule has 0 saturated heterocycles. The molecule has 2 nitrogen and oxygen atoms in total. The van der Waals surface area contributed by atoms with E-state index in [1.807, 2.05) is 32.0 Å². The Morgan fingerprint density at radius 2 is 1.72 bits per heavy atom. The summed E-state index contributed by atoms with van der Waals surface area (Å²) in [7, 11) is 0. The second-order valence-corrected chi connectivity index (χ2v) is 5.70. The van der Waals surface area contributed by atoms with Crippen LogP contribution in [-0.2, 0) is 0 Å². The van der Waals surface area contributed by atoms with Gasteiger partial charge in [0.15, 0.2) is 0 Å². The van der Waals surface area contributed by atoms with Crippen molar-refractivity contribution in [3.63, 3.8) is 0 Å². The van der Waals surface area contributed by atoms with Crippen molar-refractivity contribution in [3.05, 3.63) is 34.9 Å². The van der Waals surface area contributed by atoms with Gasteiger partial charge in [0.1, 0.15) is 0 Å². The van der Waals surface area contributed by atoms with Crippen LogP contribution in [-0.4, -0.2) is 16.9 Å². The summed E-state index contributed by atoms with van der Waals surface area (Å²) in [5.41, 5.74) is 2.94. The molecule has 0 radical (unpaired) electrons. The summed E-state index contributed by atoms with van der Waals surface area (Å²) in [6.07, 6.45) is 4.83. The number of aryl methyl sites for hydroxylation is 2.